The number of benzene rings is 2. The van der Waals surface area contributed by atoms with Crippen molar-refractivity contribution in [1.82, 2.24) is 4.98 Å². The maximum Gasteiger partial charge on any atom is 0.274 e. The van der Waals surface area contributed by atoms with Gasteiger partial charge in [0.2, 0.25) is 0 Å². The highest BCUT2D eigenvalue weighted by Crippen LogP contribution is 2.33. The molecule has 1 aromatic heterocycles. The maximum absolute atomic E-state index is 12.9. The molecule has 0 atom stereocenters. The van der Waals surface area contributed by atoms with Gasteiger partial charge in [-0.05, 0) is 40.6 Å². The van der Waals surface area contributed by atoms with Gasteiger partial charge in [-0.25, -0.2) is 4.98 Å². The molecular weight excluding hydrogens is 340 g/mol. The second kappa shape index (κ2) is 6.58. The summed E-state index contributed by atoms with van der Waals surface area (Å²) in [6.07, 6.45) is 2.82. The van der Waals surface area contributed by atoms with Crippen molar-refractivity contribution in [2.75, 3.05) is 18.5 Å². The average Bonchev–Trinajstić information content (AvgIpc) is 2.66. The summed E-state index contributed by atoms with van der Waals surface area (Å²) in [5.74, 6) is 1.04. The molecule has 2 aromatic carbocycles. The molecule has 1 N–H and O–H groups in total. The standard InChI is InChI=1S/C22H21N2O3/c1-22(2,3)15-5-4-14-8-9-23-20(17(14)12-15)21(25)24-16-6-7-18-19(13-16)27-11-10-26-18/h4-8,12-13H,10-11H2,1-3H3,(H,24,25). The van der Waals surface area contributed by atoms with Crippen LogP contribution in [0.5, 0.6) is 11.5 Å². The fourth-order valence-electron chi connectivity index (χ4n) is 3.06. The van der Waals surface area contributed by atoms with Crippen LogP contribution in [0, 0.1) is 6.20 Å². The highest BCUT2D eigenvalue weighted by molar-refractivity contribution is 6.11. The van der Waals surface area contributed by atoms with E-state index in [-0.39, 0.29) is 11.3 Å². The Morgan fingerprint density at radius 2 is 1.85 bits per heavy atom. The zero-order valence-corrected chi connectivity index (χ0v) is 15.6. The lowest BCUT2D eigenvalue weighted by Crippen LogP contribution is -2.17. The second-order valence-electron chi connectivity index (χ2n) is 7.60. The van der Waals surface area contributed by atoms with Crippen LogP contribution >= 0.6 is 0 Å². The molecule has 5 heteroatoms. The Kier molecular flexibility index (Phi) is 4.22. The van der Waals surface area contributed by atoms with Crippen molar-refractivity contribution in [3.63, 3.8) is 0 Å². The van der Waals surface area contributed by atoms with Crippen molar-refractivity contribution < 1.29 is 14.3 Å². The molecular formula is C22H21N2O3. The average molecular weight is 361 g/mol. The molecule has 1 radical (unpaired) electrons. The van der Waals surface area contributed by atoms with Gasteiger partial charge in [-0.2, -0.15) is 0 Å². The van der Waals surface area contributed by atoms with E-state index >= 15 is 0 Å². The zero-order chi connectivity index (χ0) is 19.0. The van der Waals surface area contributed by atoms with Crippen molar-refractivity contribution in [2.24, 2.45) is 0 Å². The molecule has 27 heavy (non-hydrogen) atoms. The normalized spacial score (nSPS) is 13.4. The fraction of sp³-hybridized carbons (Fsp3) is 0.273. The van der Waals surface area contributed by atoms with Gasteiger partial charge in [-0.3, -0.25) is 4.79 Å². The Morgan fingerprint density at radius 3 is 2.63 bits per heavy atom. The summed E-state index contributed by atoms with van der Waals surface area (Å²) >= 11 is 0. The van der Waals surface area contributed by atoms with Crippen LogP contribution in [-0.2, 0) is 5.41 Å². The number of anilines is 1. The largest absolute Gasteiger partial charge is 0.486 e. The number of carbonyl (C=O) groups excluding carboxylic acids is 1. The van der Waals surface area contributed by atoms with Crippen molar-refractivity contribution in [3.8, 4) is 11.5 Å². The highest BCUT2D eigenvalue weighted by atomic mass is 16.6. The van der Waals surface area contributed by atoms with Gasteiger partial charge in [-0.15, -0.1) is 0 Å². The van der Waals surface area contributed by atoms with Gasteiger partial charge in [0, 0.05) is 17.1 Å². The molecule has 0 spiro atoms. The number of rotatable bonds is 2. The molecule has 0 unspecified atom stereocenters. The van der Waals surface area contributed by atoms with E-state index in [1.807, 2.05) is 12.1 Å². The summed E-state index contributed by atoms with van der Waals surface area (Å²) in [7, 11) is 0. The van der Waals surface area contributed by atoms with E-state index in [2.05, 4.69) is 43.3 Å². The summed E-state index contributed by atoms with van der Waals surface area (Å²) in [6, 6.07) is 13.3. The first-order valence-corrected chi connectivity index (χ1v) is 8.94. The van der Waals surface area contributed by atoms with Crippen LogP contribution in [0.2, 0.25) is 0 Å². The minimum absolute atomic E-state index is 0.0165. The van der Waals surface area contributed by atoms with Gasteiger partial charge in [0.05, 0.1) is 6.20 Å². The molecule has 0 bridgehead atoms. The van der Waals surface area contributed by atoms with Crippen LogP contribution in [0.15, 0.2) is 42.5 Å². The van der Waals surface area contributed by atoms with Gasteiger partial charge in [0.25, 0.3) is 5.91 Å². The summed E-state index contributed by atoms with van der Waals surface area (Å²) in [4.78, 5) is 17.1. The van der Waals surface area contributed by atoms with Gasteiger partial charge in [-0.1, -0.05) is 32.9 Å². The Balaban J connectivity index is 1.68. The van der Waals surface area contributed by atoms with E-state index in [1.54, 1.807) is 24.3 Å². The van der Waals surface area contributed by atoms with E-state index in [1.165, 1.54) is 0 Å². The van der Waals surface area contributed by atoms with E-state index in [4.69, 9.17) is 9.47 Å². The van der Waals surface area contributed by atoms with Gasteiger partial charge >= 0.3 is 0 Å². The van der Waals surface area contributed by atoms with Crippen LogP contribution in [-0.4, -0.2) is 24.1 Å². The Hall–Kier alpha value is -3.08. The van der Waals surface area contributed by atoms with Crippen LogP contribution in [0.3, 0.4) is 0 Å². The number of hydrogen-bond acceptors (Lipinski definition) is 4. The lowest BCUT2D eigenvalue weighted by molar-refractivity contribution is 0.102. The lowest BCUT2D eigenvalue weighted by atomic mass is 9.86. The van der Waals surface area contributed by atoms with Crippen LogP contribution in [0.1, 0.15) is 36.8 Å². The Labute approximate surface area is 158 Å². The number of carbonyl (C=O) groups is 1. The number of hydrogen-bond donors (Lipinski definition) is 1. The van der Waals surface area contributed by atoms with E-state index in [9.17, 15) is 4.79 Å². The van der Waals surface area contributed by atoms with Crippen molar-refractivity contribution >= 4 is 22.4 Å². The van der Waals surface area contributed by atoms with Gasteiger partial charge in [0.15, 0.2) is 11.5 Å². The van der Waals surface area contributed by atoms with Crippen molar-refractivity contribution in [3.05, 3.63) is 59.9 Å². The zero-order valence-electron chi connectivity index (χ0n) is 15.6. The molecule has 5 nitrogen and oxygen atoms in total. The third-order valence-corrected chi connectivity index (χ3v) is 4.59. The van der Waals surface area contributed by atoms with Crippen molar-refractivity contribution in [2.45, 2.75) is 26.2 Å². The molecule has 0 aliphatic carbocycles. The predicted molar refractivity (Wildman–Crippen MR) is 105 cm³/mol. The number of pyridine rings is 1. The molecule has 3 aromatic rings. The van der Waals surface area contributed by atoms with Gasteiger partial charge in [0.1, 0.15) is 18.9 Å². The summed E-state index contributed by atoms with van der Waals surface area (Å²) in [5.41, 5.74) is 2.12. The first kappa shape index (κ1) is 17.3. The minimum atomic E-state index is -0.278. The van der Waals surface area contributed by atoms with E-state index < -0.39 is 0 Å². The molecule has 4 rings (SSSR count). The van der Waals surface area contributed by atoms with Crippen molar-refractivity contribution in [1.29, 1.82) is 0 Å². The lowest BCUT2D eigenvalue weighted by Gasteiger charge is -2.20. The predicted octanol–water partition coefficient (Wildman–Crippen LogP) is 4.36. The number of aromatic nitrogens is 1. The molecule has 1 aliphatic rings. The molecule has 1 aliphatic heterocycles. The van der Waals surface area contributed by atoms with E-state index in [0.717, 1.165) is 16.3 Å². The monoisotopic (exact) mass is 361 g/mol. The number of ether oxygens (including phenoxy) is 2. The number of fused-ring (bicyclic) bond motifs is 2. The summed E-state index contributed by atoms with van der Waals surface area (Å²) in [5, 5.41) is 4.65. The Bertz CT molecular complexity index is 1020. The second-order valence-corrected chi connectivity index (χ2v) is 7.60. The SMILES string of the molecule is CC(C)(C)c1ccc2c[c]nc(C(=O)Nc3ccc4c(c3)OCCO4)c2c1. The smallest absolute Gasteiger partial charge is 0.274 e. The van der Waals surface area contributed by atoms with E-state index in [0.29, 0.717) is 36.1 Å². The quantitative estimate of drug-likeness (QED) is 0.737. The number of nitrogens with zero attached hydrogens (tertiary/aromatic N) is 1. The molecule has 0 saturated carbocycles. The van der Waals surface area contributed by atoms with Crippen LogP contribution in [0.25, 0.3) is 10.8 Å². The minimum Gasteiger partial charge on any atom is -0.486 e. The fourth-order valence-corrected chi connectivity index (χ4v) is 3.06. The number of nitrogens with one attached hydrogen (secondary N) is 1. The van der Waals surface area contributed by atoms with Crippen LogP contribution in [0.4, 0.5) is 5.69 Å². The molecule has 0 fully saturated rings. The number of amides is 1. The van der Waals surface area contributed by atoms with Crippen LogP contribution < -0.4 is 14.8 Å². The maximum atomic E-state index is 12.9. The molecule has 1 amide bonds. The topological polar surface area (TPSA) is 60.5 Å². The Morgan fingerprint density at radius 1 is 1.07 bits per heavy atom. The molecule has 0 saturated heterocycles. The first-order chi connectivity index (χ1) is 12.9. The molecule has 137 valence electrons. The van der Waals surface area contributed by atoms with Gasteiger partial charge < -0.3 is 14.8 Å². The molecule has 2 heterocycles. The third-order valence-electron chi connectivity index (χ3n) is 4.59. The summed E-state index contributed by atoms with van der Waals surface area (Å²) in [6.45, 7) is 7.47. The first-order valence-electron chi connectivity index (χ1n) is 8.94. The summed E-state index contributed by atoms with van der Waals surface area (Å²) < 4.78 is 11.1. The highest BCUT2D eigenvalue weighted by Gasteiger charge is 2.18. The third kappa shape index (κ3) is 3.45.